The largest absolute Gasteiger partial charge is 0.377 e. The second kappa shape index (κ2) is 7.84. The van der Waals surface area contributed by atoms with Gasteiger partial charge in [0, 0.05) is 19.6 Å². The number of hydrogen-bond donors (Lipinski definition) is 2. The molecular formula is C12H21N3O3. The first kappa shape index (κ1) is 14.7. The van der Waals surface area contributed by atoms with Crippen molar-refractivity contribution in [1.82, 2.24) is 15.5 Å². The molecule has 6 heteroatoms. The lowest BCUT2D eigenvalue weighted by molar-refractivity contribution is -0.147. The first-order valence-electron chi connectivity index (χ1n) is 6.17. The highest BCUT2D eigenvalue weighted by molar-refractivity contribution is 5.88. The number of nitrogens with one attached hydrogen (secondary N) is 2. The molecule has 6 nitrogen and oxygen atoms in total. The molecule has 0 aromatic carbocycles. The number of carbonyl (C=O) groups excluding carboxylic acids is 2. The smallest absolute Gasteiger partial charge is 0.245 e. The van der Waals surface area contributed by atoms with Crippen LogP contribution in [0, 0.1) is 0 Å². The van der Waals surface area contributed by atoms with Crippen LogP contribution in [0.2, 0.25) is 0 Å². The topological polar surface area (TPSA) is 70.7 Å². The van der Waals surface area contributed by atoms with E-state index < -0.39 is 6.04 Å². The van der Waals surface area contributed by atoms with Crippen molar-refractivity contribution in [3.05, 3.63) is 12.7 Å². The van der Waals surface area contributed by atoms with Crippen LogP contribution in [0.25, 0.3) is 0 Å². The van der Waals surface area contributed by atoms with E-state index in [1.165, 1.54) is 0 Å². The molecule has 2 N–H and O–H groups in total. The number of likely N-dealkylation sites (N-methyl/N-ethyl adjacent to an activating group) is 1. The second-order valence-electron chi connectivity index (χ2n) is 3.99. The molecule has 0 spiro atoms. The van der Waals surface area contributed by atoms with Crippen LogP contribution in [-0.2, 0) is 14.3 Å². The number of carbonyl (C=O) groups is 2. The molecule has 0 aromatic rings. The number of ether oxygens (including phenoxy) is 1. The van der Waals surface area contributed by atoms with Crippen LogP contribution >= 0.6 is 0 Å². The molecule has 0 bridgehead atoms. The zero-order valence-corrected chi connectivity index (χ0v) is 10.8. The van der Waals surface area contributed by atoms with Crippen molar-refractivity contribution < 1.29 is 14.3 Å². The van der Waals surface area contributed by atoms with Crippen molar-refractivity contribution in [2.24, 2.45) is 0 Å². The minimum absolute atomic E-state index is 0.0867. The van der Waals surface area contributed by atoms with Gasteiger partial charge in [-0.05, 0) is 6.92 Å². The van der Waals surface area contributed by atoms with Crippen LogP contribution in [-0.4, -0.2) is 62.1 Å². The molecule has 1 rings (SSSR count). The summed E-state index contributed by atoms with van der Waals surface area (Å²) in [7, 11) is 0. The van der Waals surface area contributed by atoms with E-state index in [2.05, 4.69) is 17.2 Å². The Morgan fingerprint density at radius 3 is 3.00 bits per heavy atom. The van der Waals surface area contributed by atoms with E-state index in [0.717, 1.165) is 0 Å². The predicted molar refractivity (Wildman–Crippen MR) is 68.1 cm³/mol. The summed E-state index contributed by atoms with van der Waals surface area (Å²) in [6, 6.07) is -0.517. The fourth-order valence-corrected chi connectivity index (χ4v) is 1.79. The summed E-state index contributed by atoms with van der Waals surface area (Å²) in [5.41, 5.74) is 0. The number of hydrogen-bond acceptors (Lipinski definition) is 4. The Morgan fingerprint density at radius 1 is 1.56 bits per heavy atom. The maximum atomic E-state index is 12.0. The number of rotatable bonds is 6. The molecule has 1 heterocycles. The van der Waals surface area contributed by atoms with Gasteiger partial charge in [-0.2, -0.15) is 0 Å². The third kappa shape index (κ3) is 4.12. The third-order valence-corrected chi connectivity index (χ3v) is 2.67. The lowest BCUT2D eigenvalue weighted by Gasteiger charge is -2.34. The van der Waals surface area contributed by atoms with Crippen LogP contribution in [0.3, 0.4) is 0 Å². The van der Waals surface area contributed by atoms with Crippen molar-refractivity contribution in [3.63, 3.8) is 0 Å². The van der Waals surface area contributed by atoms with E-state index in [1.807, 2.05) is 6.92 Å². The normalized spacial score (nSPS) is 19.4. The fraction of sp³-hybridized carbons (Fsp3) is 0.667. The standard InChI is InChI=1S/C12H21N3O3/c1-3-5-13-8-11(16)15-6-7-18-9-10(15)12(17)14-4-2/h3,10,13H,1,4-9H2,2H3,(H,14,17). The highest BCUT2D eigenvalue weighted by atomic mass is 16.5. The Balaban J connectivity index is 2.55. The molecule has 0 aliphatic carbocycles. The van der Waals surface area contributed by atoms with E-state index in [-0.39, 0.29) is 25.0 Å². The van der Waals surface area contributed by atoms with E-state index in [1.54, 1.807) is 11.0 Å². The fourth-order valence-electron chi connectivity index (χ4n) is 1.79. The molecule has 1 saturated heterocycles. The molecule has 102 valence electrons. The monoisotopic (exact) mass is 255 g/mol. The van der Waals surface area contributed by atoms with Crippen molar-refractivity contribution in [2.45, 2.75) is 13.0 Å². The molecule has 1 unspecified atom stereocenters. The van der Waals surface area contributed by atoms with Crippen LogP contribution in [0.5, 0.6) is 0 Å². The summed E-state index contributed by atoms with van der Waals surface area (Å²) in [6.07, 6.45) is 1.69. The molecule has 0 saturated carbocycles. The molecule has 0 radical (unpaired) electrons. The first-order chi connectivity index (χ1) is 8.70. The van der Waals surface area contributed by atoms with Crippen molar-refractivity contribution in [3.8, 4) is 0 Å². The number of amides is 2. The molecule has 1 aliphatic rings. The summed E-state index contributed by atoms with van der Waals surface area (Å²) in [5.74, 6) is -0.245. The minimum atomic E-state index is -0.517. The molecule has 1 atom stereocenters. The molecule has 18 heavy (non-hydrogen) atoms. The lowest BCUT2D eigenvalue weighted by atomic mass is 10.2. The summed E-state index contributed by atoms with van der Waals surface area (Å²) in [4.78, 5) is 25.4. The average Bonchev–Trinajstić information content (AvgIpc) is 2.39. The Labute approximate surface area is 107 Å². The molecule has 0 aromatic heterocycles. The van der Waals surface area contributed by atoms with E-state index in [0.29, 0.717) is 26.2 Å². The Kier molecular flexibility index (Phi) is 6.38. The predicted octanol–water partition coefficient (Wildman–Crippen LogP) is -0.874. The summed E-state index contributed by atoms with van der Waals surface area (Å²) in [6.45, 7) is 7.93. The molecule has 2 amide bonds. The molecular weight excluding hydrogens is 234 g/mol. The van der Waals surface area contributed by atoms with Crippen molar-refractivity contribution >= 4 is 11.8 Å². The maximum absolute atomic E-state index is 12.0. The van der Waals surface area contributed by atoms with Gasteiger partial charge in [-0.25, -0.2) is 0 Å². The zero-order valence-electron chi connectivity index (χ0n) is 10.8. The maximum Gasteiger partial charge on any atom is 0.245 e. The Hall–Kier alpha value is -1.40. The van der Waals surface area contributed by atoms with Crippen LogP contribution < -0.4 is 10.6 Å². The van der Waals surface area contributed by atoms with Gasteiger partial charge in [-0.3, -0.25) is 9.59 Å². The van der Waals surface area contributed by atoms with E-state index in [9.17, 15) is 9.59 Å². The van der Waals surface area contributed by atoms with Gasteiger partial charge in [0.1, 0.15) is 6.04 Å². The first-order valence-corrected chi connectivity index (χ1v) is 6.17. The van der Waals surface area contributed by atoms with E-state index in [4.69, 9.17) is 4.74 Å². The van der Waals surface area contributed by atoms with Crippen molar-refractivity contribution in [2.75, 3.05) is 39.4 Å². The quantitative estimate of drug-likeness (QED) is 0.478. The highest BCUT2D eigenvalue weighted by Crippen LogP contribution is 2.07. The second-order valence-corrected chi connectivity index (χ2v) is 3.99. The van der Waals surface area contributed by atoms with Gasteiger partial charge in [0.25, 0.3) is 0 Å². The van der Waals surface area contributed by atoms with Crippen LogP contribution in [0.4, 0.5) is 0 Å². The minimum Gasteiger partial charge on any atom is -0.377 e. The SMILES string of the molecule is C=CCNCC(=O)N1CCOCC1C(=O)NCC. The Bertz CT molecular complexity index is 307. The molecule has 1 fully saturated rings. The average molecular weight is 255 g/mol. The van der Waals surface area contributed by atoms with Crippen LogP contribution in [0.15, 0.2) is 12.7 Å². The summed E-state index contributed by atoms with van der Waals surface area (Å²) >= 11 is 0. The van der Waals surface area contributed by atoms with Crippen LogP contribution in [0.1, 0.15) is 6.92 Å². The highest BCUT2D eigenvalue weighted by Gasteiger charge is 2.31. The number of morpholine rings is 1. The van der Waals surface area contributed by atoms with Gasteiger partial charge < -0.3 is 20.3 Å². The third-order valence-electron chi connectivity index (χ3n) is 2.67. The van der Waals surface area contributed by atoms with Gasteiger partial charge in [0.2, 0.25) is 11.8 Å². The summed E-state index contributed by atoms with van der Waals surface area (Å²) < 4.78 is 5.26. The van der Waals surface area contributed by atoms with Gasteiger partial charge in [-0.15, -0.1) is 6.58 Å². The summed E-state index contributed by atoms with van der Waals surface area (Å²) in [5, 5.41) is 5.66. The van der Waals surface area contributed by atoms with Gasteiger partial charge in [0.05, 0.1) is 19.8 Å². The van der Waals surface area contributed by atoms with Gasteiger partial charge in [0.15, 0.2) is 0 Å². The Morgan fingerprint density at radius 2 is 2.33 bits per heavy atom. The number of nitrogens with zero attached hydrogens (tertiary/aromatic N) is 1. The van der Waals surface area contributed by atoms with Gasteiger partial charge in [-0.1, -0.05) is 6.08 Å². The zero-order chi connectivity index (χ0) is 13.4. The van der Waals surface area contributed by atoms with Crippen molar-refractivity contribution in [1.29, 1.82) is 0 Å². The van der Waals surface area contributed by atoms with Gasteiger partial charge >= 0.3 is 0 Å². The van der Waals surface area contributed by atoms with E-state index >= 15 is 0 Å². The molecule has 1 aliphatic heterocycles. The lowest BCUT2D eigenvalue weighted by Crippen LogP contribution is -2.57.